The van der Waals surface area contributed by atoms with Crippen LogP contribution in [0.15, 0.2) is 36.4 Å². The summed E-state index contributed by atoms with van der Waals surface area (Å²) in [6.07, 6.45) is -1.42. The molecule has 0 aliphatic heterocycles. The van der Waals surface area contributed by atoms with E-state index in [-0.39, 0.29) is 36.0 Å². The van der Waals surface area contributed by atoms with Gasteiger partial charge in [0.2, 0.25) is 0 Å². The number of hydrogen-bond donors (Lipinski definition) is 7. The topological polar surface area (TPSA) is 199 Å². The van der Waals surface area contributed by atoms with Crippen LogP contribution < -0.4 is 5.73 Å². The van der Waals surface area contributed by atoms with Crippen molar-refractivity contribution in [2.75, 3.05) is 0 Å². The standard InChI is InChI=1S/C19H23F2NO9P2/c20-12-5-6-13(15(21)10-12)11-4-7-17(23)14(9-11)18(24)16(22)3-1-2-8-19(25,32(26,27)28)33(29,30)31/h4-7,9-10,16,23,25H,1-3,8,22H2,(H2,26,27,28)(H2,29,30,31). The Morgan fingerprint density at radius 2 is 1.61 bits per heavy atom. The Bertz CT molecular complexity index is 1110. The lowest BCUT2D eigenvalue weighted by molar-refractivity contribution is 0.0949. The molecule has 33 heavy (non-hydrogen) atoms. The van der Waals surface area contributed by atoms with Crippen molar-refractivity contribution in [3.8, 4) is 16.9 Å². The highest BCUT2D eigenvalue weighted by Gasteiger charge is 2.58. The van der Waals surface area contributed by atoms with Crippen LogP contribution in [0.1, 0.15) is 36.0 Å². The monoisotopic (exact) mass is 509 g/mol. The van der Waals surface area contributed by atoms with E-state index in [0.717, 1.165) is 18.2 Å². The van der Waals surface area contributed by atoms with E-state index in [0.29, 0.717) is 6.07 Å². The summed E-state index contributed by atoms with van der Waals surface area (Å²) >= 11 is 0. The number of nitrogens with two attached hydrogens (primary N) is 1. The van der Waals surface area contributed by atoms with Crippen molar-refractivity contribution in [2.45, 2.75) is 36.8 Å². The van der Waals surface area contributed by atoms with E-state index in [1.165, 1.54) is 12.1 Å². The molecule has 1 atom stereocenters. The van der Waals surface area contributed by atoms with Crippen molar-refractivity contribution < 1.29 is 52.5 Å². The maximum Gasteiger partial charge on any atom is 0.369 e. The number of halogens is 2. The molecule has 0 fully saturated rings. The van der Waals surface area contributed by atoms with Gasteiger partial charge in [-0.1, -0.05) is 12.5 Å². The first-order valence-electron chi connectivity index (χ1n) is 9.50. The highest BCUT2D eigenvalue weighted by Crippen LogP contribution is 2.69. The Morgan fingerprint density at radius 3 is 2.15 bits per heavy atom. The van der Waals surface area contributed by atoms with E-state index in [1.807, 2.05) is 0 Å². The van der Waals surface area contributed by atoms with E-state index in [2.05, 4.69) is 0 Å². The second-order valence-corrected chi connectivity index (χ2v) is 11.4. The van der Waals surface area contributed by atoms with E-state index in [1.54, 1.807) is 0 Å². The third kappa shape index (κ3) is 6.11. The molecule has 8 N–H and O–H groups in total. The van der Waals surface area contributed by atoms with Crippen LogP contribution in [-0.2, 0) is 9.13 Å². The summed E-state index contributed by atoms with van der Waals surface area (Å²) < 4.78 is 49.9. The first-order valence-corrected chi connectivity index (χ1v) is 12.7. The van der Waals surface area contributed by atoms with Crippen LogP contribution in [0.2, 0.25) is 0 Å². The first-order chi connectivity index (χ1) is 15.1. The SMILES string of the molecule is NC(CCCCC(O)(P(=O)(O)O)P(=O)(O)O)C(=O)c1cc(-c2ccc(F)cc2F)ccc1O. The largest absolute Gasteiger partial charge is 0.507 e. The molecule has 1 unspecified atom stereocenters. The second kappa shape index (κ2) is 10.1. The zero-order chi connectivity index (χ0) is 25.2. The van der Waals surface area contributed by atoms with E-state index in [4.69, 9.17) is 25.3 Å². The van der Waals surface area contributed by atoms with Crippen molar-refractivity contribution in [1.29, 1.82) is 0 Å². The van der Waals surface area contributed by atoms with Gasteiger partial charge < -0.3 is 35.5 Å². The summed E-state index contributed by atoms with van der Waals surface area (Å²) in [6, 6.07) is 5.24. The molecular weight excluding hydrogens is 486 g/mol. The first kappa shape index (κ1) is 27.2. The predicted molar refractivity (Wildman–Crippen MR) is 113 cm³/mol. The Balaban J connectivity index is 2.11. The molecule has 0 heterocycles. The minimum atomic E-state index is -5.58. The van der Waals surface area contributed by atoms with Crippen LogP contribution in [0.5, 0.6) is 5.75 Å². The number of Topliss-reactive ketones (excluding diaryl/α,β-unsaturated/α-hetero) is 1. The number of aliphatic hydroxyl groups is 1. The fourth-order valence-electron chi connectivity index (χ4n) is 3.14. The van der Waals surface area contributed by atoms with Crippen LogP contribution in [0.4, 0.5) is 8.78 Å². The molecular formula is C19H23F2NO9P2. The maximum absolute atomic E-state index is 14.1. The molecule has 0 aromatic heterocycles. The fourth-order valence-corrected chi connectivity index (χ4v) is 5.40. The number of benzene rings is 2. The molecule has 14 heteroatoms. The quantitative estimate of drug-likeness (QED) is 0.142. The van der Waals surface area contributed by atoms with Crippen molar-refractivity contribution in [3.05, 3.63) is 53.6 Å². The summed E-state index contributed by atoms with van der Waals surface area (Å²) in [6.45, 7) is 0. The molecule has 0 bridgehead atoms. The fraction of sp³-hybridized carbons (Fsp3) is 0.316. The van der Waals surface area contributed by atoms with Gasteiger partial charge in [0, 0.05) is 11.6 Å². The summed E-state index contributed by atoms with van der Waals surface area (Å²) in [4.78, 5) is 49.1. The molecule has 2 rings (SSSR count). The van der Waals surface area contributed by atoms with Crippen LogP contribution in [-0.4, -0.2) is 46.7 Å². The third-order valence-corrected chi connectivity index (χ3v) is 8.93. The van der Waals surface area contributed by atoms with E-state index < -0.39 is 55.9 Å². The number of ketones is 1. The van der Waals surface area contributed by atoms with Crippen LogP contribution in [0.25, 0.3) is 11.1 Å². The molecule has 0 saturated carbocycles. The number of aromatic hydroxyl groups is 1. The number of carbonyl (C=O) groups is 1. The van der Waals surface area contributed by atoms with Crippen molar-refractivity contribution in [3.63, 3.8) is 0 Å². The van der Waals surface area contributed by atoms with Crippen LogP contribution in [0.3, 0.4) is 0 Å². The molecule has 182 valence electrons. The van der Waals surface area contributed by atoms with Gasteiger partial charge in [-0.25, -0.2) is 8.78 Å². The summed E-state index contributed by atoms with van der Waals surface area (Å²) in [5.74, 6) is -2.88. The van der Waals surface area contributed by atoms with Crippen molar-refractivity contribution >= 4 is 21.0 Å². The smallest absolute Gasteiger partial charge is 0.369 e. The van der Waals surface area contributed by atoms with Gasteiger partial charge in [0.15, 0.2) is 5.78 Å². The maximum atomic E-state index is 14.1. The highest BCUT2D eigenvalue weighted by molar-refractivity contribution is 7.72. The van der Waals surface area contributed by atoms with Crippen LogP contribution >= 0.6 is 15.2 Å². The summed E-state index contributed by atoms with van der Waals surface area (Å²) in [5.41, 5.74) is 5.73. The average Bonchev–Trinajstić information content (AvgIpc) is 2.69. The van der Waals surface area contributed by atoms with E-state index in [9.17, 15) is 32.9 Å². The molecule has 0 spiro atoms. The Labute approximate surface area is 187 Å². The minimum Gasteiger partial charge on any atom is -0.507 e. The lowest BCUT2D eigenvalue weighted by atomic mass is 9.95. The minimum absolute atomic E-state index is 0.0202. The van der Waals surface area contributed by atoms with Crippen LogP contribution in [0, 0.1) is 11.6 Å². The van der Waals surface area contributed by atoms with Gasteiger partial charge >= 0.3 is 15.2 Å². The number of carbonyl (C=O) groups excluding carboxylic acids is 1. The van der Waals surface area contributed by atoms with Gasteiger partial charge in [0.05, 0.1) is 11.6 Å². The van der Waals surface area contributed by atoms with Gasteiger partial charge in [0.1, 0.15) is 17.4 Å². The molecule has 0 amide bonds. The lowest BCUT2D eigenvalue weighted by Crippen LogP contribution is -2.31. The highest BCUT2D eigenvalue weighted by atomic mass is 31.2. The Morgan fingerprint density at radius 1 is 1.00 bits per heavy atom. The zero-order valence-corrected chi connectivity index (χ0v) is 18.8. The van der Waals surface area contributed by atoms with Gasteiger partial charge in [-0.3, -0.25) is 13.9 Å². The van der Waals surface area contributed by atoms with Gasteiger partial charge in [-0.05, 0) is 49.1 Å². The van der Waals surface area contributed by atoms with Gasteiger partial charge in [-0.2, -0.15) is 0 Å². The number of unbranched alkanes of at least 4 members (excludes halogenated alkanes) is 1. The van der Waals surface area contributed by atoms with Crippen molar-refractivity contribution in [2.24, 2.45) is 5.73 Å². The molecule has 10 nitrogen and oxygen atoms in total. The number of phenolic OH excluding ortho intramolecular Hbond substituents is 1. The summed E-state index contributed by atoms with van der Waals surface area (Å²) in [5, 5.41) is 16.3. The molecule has 2 aromatic carbocycles. The zero-order valence-electron chi connectivity index (χ0n) is 17.0. The molecule has 0 aliphatic carbocycles. The van der Waals surface area contributed by atoms with Gasteiger partial charge in [-0.15, -0.1) is 0 Å². The summed E-state index contributed by atoms with van der Waals surface area (Å²) in [7, 11) is -11.2. The number of hydrogen-bond acceptors (Lipinski definition) is 6. The number of phenols is 1. The molecule has 0 radical (unpaired) electrons. The lowest BCUT2D eigenvalue weighted by Gasteiger charge is -2.29. The van der Waals surface area contributed by atoms with Gasteiger partial charge in [0.25, 0.3) is 5.08 Å². The third-order valence-electron chi connectivity index (χ3n) is 5.05. The number of rotatable bonds is 10. The normalized spacial score (nSPS) is 13.7. The molecule has 0 aliphatic rings. The second-order valence-electron chi connectivity index (χ2n) is 7.44. The Kier molecular flexibility index (Phi) is 8.32. The predicted octanol–water partition coefficient (Wildman–Crippen LogP) is 2.41. The molecule has 2 aromatic rings. The Hall–Kier alpha value is -2.01. The average molecular weight is 509 g/mol. The van der Waals surface area contributed by atoms with E-state index >= 15 is 0 Å². The van der Waals surface area contributed by atoms with Crippen molar-refractivity contribution in [1.82, 2.24) is 0 Å². The molecule has 0 saturated heterocycles.